The SMILES string of the molecule is CCc1nn(C)cc1C(NC)C1=CCCCCC1. The topological polar surface area (TPSA) is 29.9 Å². The first-order chi connectivity index (χ1) is 8.76. The molecule has 3 heteroatoms. The monoisotopic (exact) mass is 247 g/mol. The van der Waals surface area contributed by atoms with E-state index in [-0.39, 0.29) is 0 Å². The van der Waals surface area contributed by atoms with E-state index in [1.807, 2.05) is 11.7 Å². The van der Waals surface area contributed by atoms with Gasteiger partial charge in [0.1, 0.15) is 0 Å². The molecule has 18 heavy (non-hydrogen) atoms. The van der Waals surface area contributed by atoms with E-state index < -0.39 is 0 Å². The Bertz CT molecular complexity index is 417. The molecular weight excluding hydrogens is 222 g/mol. The molecule has 0 aromatic carbocycles. The van der Waals surface area contributed by atoms with Crippen molar-refractivity contribution in [3.63, 3.8) is 0 Å². The molecule has 1 unspecified atom stereocenters. The van der Waals surface area contributed by atoms with Gasteiger partial charge < -0.3 is 5.32 Å². The molecule has 0 saturated heterocycles. The van der Waals surface area contributed by atoms with Crippen LogP contribution >= 0.6 is 0 Å². The highest BCUT2D eigenvalue weighted by Crippen LogP contribution is 2.30. The maximum Gasteiger partial charge on any atom is 0.0672 e. The molecule has 100 valence electrons. The number of aromatic nitrogens is 2. The lowest BCUT2D eigenvalue weighted by Gasteiger charge is -2.19. The molecule has 0 saturated carbocycles. The Morgan fingerprint density at radius 2 is 2.22 bits per heavy atom. The van der Waals surface area contributed by atoms with Crippen LogP contribution < -0.4 is 5.32 Å². The van der Waals surface area contributed by atoms with Crippen molar-refractivity contribution >= 4 is 0 Å². The molecule has 1 N–H and O–H groups in total. The molecule has 2 rings (SSSR count). The van der Waals surface area contributed by atoms with Gasteiger partial charge in [-0.2, -0.15) is 5.10 Å². The number of aryl methyl sites for hydroxylation is 2. The van der Waals surface area contributed by atoms with E-state index in [1.165, 1.54) is 43.4 Å². The van der Waals surface area contributed by atoms with Crippen molar-refractivity contribution in [1.29, 1.82) is 0 Å². The molecule has 1 aromatic heterocycles. The minimum absolute atomic E-state index is 0.353. The smallest absolute Gasteiger partial charge is 0.0672 e. The summed E-state index contributed by atoms with van der Waals surface area (Å²) in [4.78, 5) is 0. The first-order valence-corrected chi connectivity index (χ1v) is 7.14. The van der Waals surface area contributed by atoms with Crippen LogP contribution in [0.2, 0.25) is 0 Å². The number of rotatable bonds is 4. The number of nitrogens with one attached hydrogen (secondary N) is 1. The van der Waals surface area contributed by atoms with Gasteiger partial charge >= 0.3 is 0 Å². The summed E-state index contributed by atoms with van der Waals surface area (Å²) in [5.41, 5.74) is 4.13. The van der Waals surface area contributed by atoms with Crippen molar-refractivity contribution in [3.8, 4) is 0 Å². The lowest BCUT2D eigenvalue weighted by molar-refractivity contribution is 0.624. The van der Waals surface area contributed by atoms with Crippen LogP contribution in [0.3, 0.4) is 0 Å². The third kappa shape index (κ3) is 2.83. The number of likely N-dealkylation sites (N-methyl/N-ethyl adjacent to an activating group) is 1. The fourth-order valence-corrected chi connectivity index (χ4v) is 2.91. The van der Waals surface area contributed by atoms with Crippen molar-refractivity contribution in [3.05, 3.63) is 29.1 Å². The molecule has 1 aliphatic carbocycles. The second kappa shape index (κ2) is 6.19. The van der Waals surface area contributed by atoms with Crippen molar-refractivity contribution < 1.29 is 0 Å². The van der Waals surface area contributed by atoms with E-state index in [9.17, 15) is 0 Å². The van der Waals surface area contributed by atoms with Crippen molar-refractivity contribution in [2.24, 2.45) is 7.05 Å². The van der Waals surface area contributed by atoms with E-state index >= 15 is 0 Å². The molecular formula is C15H25N3. The Balaban J connectivity index is 2.28. The zero-order valence-electron chi connectivity index (χ0n) is 11.9. The molecule has 0 bridgehead atoms. The standard InChI is InChI=1S/C15H25N3/c1-4-14-13(11-18(3)17-14)15(16-2)12-9-7-5-6-8-10-12/h9,11,15-16H,4-8,10H2,1-3H3. The first-order valence-electron chi connectivity index (χ1n) is 7.14. The highest BCUT2D eigenvalue weighted by atomic mass is 15.3. The lowest BCUT2D eigenvalue weighted by atomic mass is 9.95. The van der Waals surface area contributed by atoms with E-state index in [0.29, 0.717) is 6.04 Å². The minimum Gasteiger partial charge on any atom is -0.309 e. The van der Waals surface area contributed by atoms with Gasteiger partial charge in [-0.25, -0.2) is 0 Å². The van der Waals surface area contributed by atoms with Gasteiger partial charge in [-0.05, 0) is 39.2 Å². The van der Waals surface area contributed by atoms with Crippen LogP contribution in [0.5, 0.6) is 0 Å². The van der Waals surface area contributed by atoms with Crippen molar-refractivity contribution in [2.75, 3.05) is 7.05 Å². The highest BCUT2D eigenvalue weighted by molar-refractivity contribution is 5.30. The summed E-state index contributed by atoms with van der Waals surface area (Å²) >= 11 is 0. The fraction of sp³-hybridized carbons (Fsp3) is 0.667. The van der Waals surface area contributed by atoms with Crippen LogP contribution in [0, 0.1) is 0 Å². The van der Waals surface area contributed by atoms with Gasteiger partial charge in [0.25, 0.3) is 0 Å². The molecule has 0 aliphatic heterocycles. The summed E-state index contributed by atoms with van der Waals surface area (Å²) in [5.74, 6) is 0. The first kappa shape index (κ1) is 13.3. The van der Waals surface area contributed by atoms with Crippen LogP contribution in [0.1, 0.15) is 56.3 Å². The van der Waals surface area contributed by atoms with Crippen LogP contribution in [0.4, 0.5) is 0 Å². The summed E-state index contributed by atoms with van der Waals surface area (Å²) in [6, 6.07) is 0.353. The van der Waals surface area contributed by atoms with E-state index in [1.54, 1.807) is 5.57 Å². The number of hydrogen-bond donors (Lipinski definition) is 1. The zero-order chi connectivity index (χ0) is 13.0. The van der Waals surface area contributed by atoms with Gasteiger partial charge in [-0.15, -0.1) is 0 Å². The van der Waals surface area contributed by atoms with Crippen molar-refractivity contribution in [2.45, 2.75) is 51.5 Å². The second-order valence-corrected chi connectivity index (χ2v) is 5.16. The highest BCUT2D eigenvalue weighted by Gasteiger charge is 2.20. The molecule has 3 nitrogen and oxygen atoms in total. The molecule has 1 atom stereocenters. The van der Waals surface area contributed by atoms with Gasteiger partial charge in [0.2, 0.25) is 0 Å². The minimum atomic E-state index is 0.353. The Morgan fingerprint density at radius 1 is 1.39 bits per heavy atom. The quantitative estimate of drug-likeness (QED) is 0.828. The summed E-state index contributed by atoms with van der Waals surface area (Å²) in [7, 11) is 4.07. The predicted octanol–water partition coefficient (Wildman–Crippen LogP) is 3.13. The van der Waals surface area contributed by atoms with Gasteiger partial charge in [0.15, 0.2) is 0 Å². The Labute approximate surface area is 110 Å². The van der Waals surface area contributed by atoms with E-state index in [0.717, 1.165) is 6.42 Å². The molecule has 1 aromatic rings. The number of nitrogens with zero attached hydrogens (tertiary/aromatic N) is 2. The van der Waals surface area contributed by atoms with Crippen LogP contribution in [-0.4, -0.2) is 16.8 Å². The van der Waals surface area contributed by atoms with Gasteiger partial charge in [0, 0.05) is 18.8 Å². The van der Waals surface area contributed by atoms with E-state index in [2.05, 4.69) is 36.7 Å². The normalized spacial score (nSPS) is 18.3. The molecule has 1 aliphatic rings. The zero-order valence-corrected chi connectivity index (χ0v) is 11.9. The second-order valence-electron chi connectivity index (χ2n) is 5.16. The molecule has 1 heterocycles. The Kier molecular flexibility index (Phi) is 4.59. The van der Waals surface area contributed by atoms with Crippen LogP contribution in [0.25, 0.3) is 0 Å². The fourth-order valence-electron chi connectivity index (χ4n) is 2.91. The summed E-state index contributed by atoms with van der Waals surface area (Å²) < 4.78 is 1.94. The molecule has 0 spiro atoms. The van der Waals surface area contributed by atoms with E-state index in [4.69, 9.17) is 0 Å². The third-order valence-electron chi connectivity index (χ3n) is 3.82. The Hall–Kier alpha value is -1.09. The van der Waals surface area contributed by atoms with Crippen LogP contribution in [-0.2, 0) is 13.5 Å². The summed E-state index contributed by atoms with van der Waals surface area (Å²) in [5, 5.41) is 8.05. The average Bonchev–Trinajstić information content (AvgIpc) is 2.58. The largest absolute Gasteiger partial charge is 0.309 e. The van der Waals surface area contributed by atoms with Gasteiger partial charge in [-0.1, -0.05) is 25.0 Å². The van der Waals surface area contributed by atoms with Gasteiger partial charge in [0.05, 0.1) is 11.7 Å². The predicted molar refractivity (Wildman–Crippen MR) is 75.6 cm³/mol. The van der Waals surface area contributed by atoms with Gasteiger partial charge in [-0.3, -0.25) is 4.68 Å². The number of hydrogen-bond acceptors (Lipinski definition) is 2. The Morgan fingerprint density at radius 3 is 2.94 bits per heavy atom. The third-order valence-corrected chi connectivity index (χ3v) is 3.82. The average molecular weight is 247 g/mol. The summed E-state index contributed by atoms with van der Waals surface area (Å²) in [6.45, 7) is 2.18. The van der Waals surface area contributed by atoms with Crippen LogP contribution in [0.15, 0.2) is 17.8 Å². The maximum absolute atomic E-state index is 4.57. The molecule has 0 radical (unpaired) electrons. The molecule has 0 fully saturated rings. The summed E-state index contributed by atoms with van der Waals surface area (Å²) in [6.07, 6.45) is 12.1. The maximum atomic E-state index is 4.57. The lowest BCUT2D eigenvalue weighted by Crippen LogP contribution is -2.19. The van der Waals surface area contributed by atoms with Crippen molar-refractivity contribution in [1.82, 2.24) is 15.1 Å². The molecule has 0 amide bonds. The number of allylic oxidation sites excluding steroid dienone is 1.